The fraction of sp³-hybridized carbons (Fsp3) is 0.0870. The second kappa shape index (κ2) is 8.16. The van der Waals surface area contributed by atoms with Gasteiger partial charge in [0.2, 0.25) is 5.91 Å². The van der Waals surface area contributed by atoms with E-state index < -0.39 is 5.76 Å². The summed E-state index contributed by atoms with van der Waals surface area (Å²) in [6.07, 6.45) is 0.318. The number of fused-ring (bicyclic) bond motifs is 2. The molecule has 2 N–H and O–H groups in total. The number of hydrogen-bond acceptors (Lipinski definition) is 6. The van der Waals surface area contributed by atoms with Gasteiger partial charge in [-0.1, -0.05) is 53.3 Å². The average Bonchev–Trinajstić information content (AvgIpc) is 3.23. The zero-order valence-corrected chi connectivity index (χ0v) is 17.2. The molecule has 5 rings (SSSR count). The molecule has 0 saturated heterocycles. The maximum Gasteiger partial charge on any atom is 0.439 e. The van der Waals surface area contributed by atoms with Crippen LogP contribution in [0, 0.1) is 0 Å². The number of nitrogens with zero attached hydrogens (tertiary/aromatic N) is 2. The van der Waals surface area contributed by atoms with Gasteiger partial charge in [0.15, 0.2) is 5.82 Å². The number of anilines is 3. The molecule has 1 aromatic heterocycles. The summed E-state index contributed by atoms with van der Waals surface area (Å²) in [5.41, 5.74) is 3.49. The minimum Gasteiger partial charge on any atom is -0.339 e. The van der Waals surface area contributed by atoms with Gasteiger partial charge in [-0.05, 0) is 36.4 Å². The van der Waals surface area contributed by atoms with Gasteiger partial charge in [-0.2, -0.15) is 0 Å². The van der Waals surface area contributed by atoms with Gasteiger partial charge < -0.3 is 10.2 Å². The molecule has 1 aliphatic rings. The Balaban J connectivity index is 1.31. The lowest BCUT2D eigenvalue weighted by molar-refractivity contribution is -0.116. The number of benzene rings is 3. The van der Waals surface area contributed by atoms with Gasteiger partial charge in [0.1, 0.15) is 0 Å². The van der Waals surface area contributed by atoms with Crippen LogP contribution in [0.4, 0.5) is 17.1 Å². The normalized spacial score (nSPS) is 12.2. The van der Waals surface area contributed by atoms with Crippen molar-refractivity contribution in [2.24, 2.45) is 0 Å². The van der Waals surface area contributed by atoms with Crippen LogP contribution in [0.2, 0.25) is 0 Å². The van der Waals surface area contributed by atoms with Crippen molar-refractivity contribution in [1.29, 1.82) is 0 Å². The minimum atomic E-state index is -0.621. The third kappa shape index (κ3) is 3.97. The van der Waals surface area contributed by atoms with E-state index in [4.69, 9.17) is 0 Å². The predicted molar refractivity (Wildman–Crippen MR) is 120 cm³/mol. The molecule has 0 spiro atoms. The summed E-state index contributed by atoms with van der Waals surface area (Å²) in [5.74, 6) is -0.399. The lowest BCUT2D eigenvalue weighted by Crippen LogP contribution is -2.25. The van der Waals surface area contributed by atoms with Crippen molar-refractivity contribution in [3.05, 3.63) is 83.3 Å². The molecule has 1 aliphatic heterocycles. The van der Waals surface area contributed by atoms with E-state index in [1.54, 1.807) is 36.0 Å². The van der Waals surface area contributed by atoms with Crippen molar-refractivity contribution in [1.82, 2.24) is 10.1 Å². The lowest BCUT2D eigenvalue weighted by Gasteiger charge is -2.32. The number of aromatic amines is 1. The fourth-order valence-electron chi connectivity index (χ4n) is 3.56. The maximum absolute atomic E-state index is 12.7. The van der Waals surface area contributed by atoms with Gasteiger partial charge in [0, 0.05) is 34.0 Å². The molecule has 0 unspecified atom stereocenters. The first-order chi connectivity index (χ1) is 15.2. The summed E-state index contributed by atoms with van der Waals surface area (Å²) in [7, 11) is 0. The number of para-hydroxylation sites is 2. The summed E-state index contributed by atoms with van der Waals surface area (Å²) in [6.45, 7) is 0.552. The summed E-state index contributed by atoms with van der Waals surface area (Å²) in [5, 5.41) is 6.61. The van der Waals surface area contributed by atoms with Gasteiger partial charge in [0.05, 0.1) is 11.4 Å². The third-order valence-electron chi connectivity index (χ3n) is 4.95. The Morgan fingerprint density at radius 3 is 2.39 bits per heavy atom. The topological polar surface area (TPSA) is 91.2 Å². The Labute approximate surface area is 182 Å². The van der Waals surface area contributed by atoms with Gasteiger partial charge in [0.25, 0.3) is 0 Å². The standard InChI is InChI=1S/C23H18N4O3S/c28-21(24-16-7-5-6-15(14-16)22-25-23(29)30-26-22)12-13-27-17-8-1-3-10-19(17)31-20-11-4-2-9-18(20)27/h1-11,14H,12-13H2,(H,24,28)(H,25,26,29). The van der Waals surface area contributed by atoms with Gasteiger partial charge in [-0.15, -0.1) is 0 Å². The first-order valence-corrected chi connectivity index (χ1v) is 10.6. The molecule has 0 fully saturated rings. The predicted octanol–water partition coefficient (Wildman–Crippen LogP) is 4.66. The van der Waals surface area contributed by atoms with Crippen LogP contribution in [0.5, 0.6) is 0 Å². The molecule has 4 aromatic rings. The highest BCUT2D eigenvalue weighted by atomic mass is 32.2. The van der Waals surface area contributed by atoms with Crippen LogP contribution in [0.1, 0.15) is 6.42 Å². The number of H-pyrrole nitrogens is 1. The van der Waals surface area contributed by atoms with E-state index in [9.17, 15) is 9.59 Å². The van der Waals surface area contributed by atoms with Crippen LogP contribution in [0.3, 0.4) is 0 Å². The number of amides is 1. The Bertz CT molecular complexity index is 1270. The van der Waals surface area contributed by atoms with Gasteiger partial charge >= 0.3 is 5.76 Å². The molecule has 0 aliphatic carbocycles. The van der Waals surface area contributed by atoms with Crippen molar-refractivity contribution < 1.29 is 9.32 Å². The molecule has 154 valence electrons. The third-order valence-corrected chi connectivity index (χ3v) is 6.08. The van der Waals surface area contributed by atoms with Crippen molar-refractivity contribution in [2.75, 3.05) is 16.8 Å². The molecule has 0 saturated carbocycles. The lowest BCUT2D eigenvalue weighted by atomic mass is 10.2. The quantitative estimate of drug-likeness (QED) is 0.478. The van der Waals surface area contributed by atoms with Crippen LogP contribution in [0.15, 0.2) is 91.9 Å². The zero-order valence-electron chi connectivity index (χ0n) is 16.4. The molecule has 0 bridgehead atoms. The Morgan fingerprint density at radius 1 is 1.00 bits per heavy atom. The van der Waals surface area contributed by atoms with E-state index in [0.29, 0.717) is 30.0 Å². The number of rotatable bonds is 5. The first kappa shape index (κ1) is 19.2. The highest BCUT2D eigenvalue weighted by Crippen LogP contribution is 2.47. The summed E-state index contributed by atoms with van der Waals surface area (Å²) < 4.78 is 4.55. The van der Waals surface area contributed by atoms with Gasteiger partial charge in [-0.3, -0.25) is 14.3 Å². The van der Waals surface area contributed by atoms with E-state index >= 15 is 0 Å². The Hall–Kier alpha value is -3.78. The second-order valence-electron chi connectivity index (χ2n) is 7.01. The molecule has 3 aromatic carbocycles. The van der Waals surface area contributed by atoms with Crippen molar-refractivity contribution >= 4 is 34.7 Å². The average molecular weight is 430 g/mol. The molecular weight excluding hydrogens is 412 g/mol. The number of carbonyl (C=O) groups excluding carboxylic acids is 1. The van der Waals surface area contributed by atoms with E-state index in [1.165, 1.54) is 9.79 Å². The van der Waals surface area contributed by atoms with Crippen LogP contribution < -0.4 is 16.0 Å². The minimum absolute atomic E-state index is 0.0982. The van der Waals surface area contributed by atoms with Crippen molar-refractivity contribution in [3.8, 4) is 11.4 Å². The summed E-state index contributed by atoms with van der Waals surface area (Å²) in [4.78, 5) is 30.9. The second-order valence-corrected chi connectivity index (χ2v) is 8.10. The highest BCUT2D eigenvalue weighted by molar-refractivity contribution is 7.99. The Morgan fingerprint density at radius 2 is 1.71 bits per heavy atom. The molecule has 31 heavy (non-hydrogen) atoms. The largest absolute Gasteiger partial charge is 0.439 e. The molecule has 1 amide bonds. The molecule has 0 radical (unpaired) electrons. The molecule has 2 heterocycles. The monoisotopic (exact) mass is 430 g/mol. The van der Waals surface area contributed by atoms with Crippen LogP contribution in [-0.2, 0) is 4.79 Å². The van der Waals surface area contributed by atoms with E-state index in [2.05, 4.69) is 49.1 Å². The SMILES string of the molecule is O=C(CCN1c2ccccc2Sc2ccccc21)Nc1cccc(-c2noc(=O)[nH]2)c1. The van der Waals surface area contributed by atoms with Crippen molar-refractivity contribution in [3.63, 3.8) is 0 Å². The molecule has 8 heteroatoms. The maximum atomic E-state index is 12.7. The van der Waals surface area contributed by atoms with Crippen LogP contribution >= 0.6 is 11.8 Å². The van der Waals surface area contributed by atoms with E-state index in [-0.39, 0.29) is 5.91 Å². The number of aromatic nitrogens is 2. The van der Waals surface area contributed by atoms with Crippen molar-refractivity contribution in [2.45, 2.75) is 16.2 Å². The fourth-order valence-corrected chi connectivity index (χ4v) is 4.65. The number of hydrogen-bond donors (Lipinski definition) is 2. The molecule has 0 atom stereocenters. The van der Waals surface area contributed by atoms with E-state index in [0.717, 1.165) is 11.4 Å². The highest BCUT2D eigenvalue weighted by Gasteiger charge is 2.23. The number of carbonyl (C=O) groups is 1. The molecular formula is C23H18N4O3S. The summed E-state index contributed by atoms with van der Waals surface area (Å²) >= 11 is 1.74. The summed E-state index contributed by atoms with van der Waals surface area (Å²) in [6, 6.07) is 23.5. The first-order valence-electron chi connectivity index (χ1n) is 9.77. The zero-order chi connectivity index (χ0) is 21.2. The smallest absolute Gasteiger partial charge is 0.339 e. The molecule has 7 nitrogen and oxygen atoms in total. The van der Waals surface area contributed by atoms with Crippen LogP contribution in [-0.4, -0.2) is 22.6 Å². The van der Waals surface area contributed by atoms with Crippen LogP contribution in [0.25, 0.3) is 11.4 Å². The van der Waals surface area contributed by atoms with Gasteiger partial charge in [-0.25, -0.2) is 4.79 Å². The Kier molecular flexibility index (Phi) is 5.05. The number of nitrogens with one attached hydrogen (secondary N) is 2. The van der Waals surface area contributed by atoms with E-state index in [1.807, 2.05) is 24.3 Å².